The topological polar surface area (TPSA) is 0 Å². The molecule has 0 heterocycles. The van der Waals surface area contributed by atoms with Crippen LogP contribution in [-0.4, -0.2) is 23.1 Å². The van der Waals surface area contributed by atoms with E-state index in [0.29, 0.717) is 12.1 Å². The van der Waals surface area contributed by atoms with Crippen molar-refractivity contribution in [2.24, 2.45) is 0 Å². The van der Waals surface area contributed by atoms with Gasteiger partial charge in [-0.25, -0.2) is 8.78 Å². The first kappa shape index (κ1) is 14.1. The predicted molar refractivity (Wildman–Crippen MR) is 47.0 cm³/mol. The fraction of sp³-hybridized carbons (Fsp3) is 0.143. The quantitative estimate of drug-likeness (QED) is 0.505. The molecule has 0 aromatic heterocycles. The van der Waals surface area contributed by atoms with E-state index in [9.17, 15) is 22.0 Å². The molecule has 0 radical (unpaired) electrons. The summed E-state index contributed by atoms with van der Waals surface area (Å²) in [6.45, 7) is 0. The molecule has 0 fully saturated rings. The average molecular weight is 287 g/mol. The van der Waals surface area contributed by atoms with E-state index in [-0.39, 0.29) is 30.4 Å². The zero-order valence-electron chi connectivity index (χ0n) is 8.63. The van der Waals surface area contributed by atoms with Crippen molar-refractivity contribution in [1.82, 2.24) is 0 Å². The van der Waals surface area contributed by atoms with E-state index in [1.807, 2.05) is 0 Å². The molecule has 0 N–H and O–H groups in total. The van der Waals surface area contributed by atoms with Gasteiger partial charge < -0.3 is 2.85 Å². The van der Waals surface area contributed by atoms with E-state index in [4.69, 9.17) is 0 Å². The molecule has 0 atom stereocenters. The molecule has 0 spiro atoms. The van der Waals surface area contributed by atoms with Crippen LogP contribution in [0.4, 0.5) is 22.0 Å². The average Bonchev–Trinajstić information content (AvgIpc) is 1.78. The van der Waals surface area contributed by atoms with Gasteiger partial charge in [0.05, 0.1) is 0 Å². The van der Waals surface area contributed by atoms with Gasteiger partial charge in [-0.2, -0.15) is 13.2 Å². The van der Waals surface area contributed by atoms with E-state index >= 15 is 0 Å². The van der Waals surface area contributed by atoms with Crippen LogP contribution < -0.4 is 0 Å². The second-order valence-corrected chi connectivity index (χ2v) is 3.16. The molecule has 0 amide bonds. The van der Waals surface area contributed by atoms with E-state index in [0.717, 1.165) is 0 Å². The normalized spacial score (nSPS) is 11.0. The third-order valence-electron chi connectivity index (χ3n) is 1.29. The van der Waals surface area contributed by atoms with Crippen LogP contribution in [-0.2, 0) is 6.18 Å². The van der Waals surface area contributed by atoms with Crippen molar-refractivity contribution in [2.75, 3.05) is 0 Å². The summed E-state index contributed by atoms with van der Waals surface area (Å²) in [6.07, 6.45) is -5.01. The Kier molecular flexibility index (Phi) is 4.80. The summed E-state index contributed by atoms with van der Waals surface area (Å²) in [6, 6.07) is 1.12. The van der Waals surface area contributed by atoms with E-state index in [1.165, 1.54) is 0 Å². The molecule has 1 rings (SSSR count). The van der Waals surface area contributed by atoms with Gasteiger partial charge in [0.15, 0.2) is 0 Å². The predicted octanol–water partition coefficient (Wildman–Crippen LogP) is 3.59. The van der Waals surface area contributed by atoms with Crippen LogP contribution >= 0.6 is 15.9 Å². The summed E-state index contributed by atoms with van der Waals surface area (Å²) in [4.78, 5) is 0. The SMILES string of the molecule is Fc1cc(Br)cc(F)c1C(F)(F)F.[H-].[H-].[Mg+2]. The van der Waals surface area contributed by atoms with Gasteiger partial charge in [0.2, 0.25) is 0 Å². The van der Waals surface area contributed by atoms with Gasteiger partial charge in [-0.3, -0.25) is 0 Å². The van der Waals surface area contributed by atoms with Crippen LogP contribution in [0.5, 0.6) is 0 Å². The van der Waals surface area contributed by atoms with Gasteiger partial charge in [0, 0.05) is 4.47 Å². The van der Waals surface area contributed by atoms with Crippen molar-refractivity contribution >= 4 is 39.0 Å². The second-order valence-electron chi connectivity index (χ2n) is 2.24. The molecule has 0 aliphatic heterocycles. The minimum atomic E-state index is -5.01. The molecule has 7 heteroatoms. The van der Waals surface area contributed by atoms with Crippen LogP contribution in [0, 0.1) is 11.6 Å². The van der Waals surface area contributed by atoms with Crippen LogP contribution in [0.2, 0.25) is 0 Å². The smallest absolute Gasteiger partial charge is 1.00 e. The maximum atomic E-state index is 12.6. The summed E-state index contributed by atoms with van der Waals surface area (Å²) in [7, 11) is 0. The first-order valence-corrected chi connectivity index (χ1v) is 3.83. The molecule has 1 aromatic carbocycles. The van der Waals surface area contributed by atoms with Crippen molar-refractivity contribution in [3.05, 3.63) is 33.8 Å². The molecule has 0 aliphatic rings. The zero-order valence-corrected chi connectivity index (χ0v) is 9.63. The van der Waals surface area contributed by atoms with Gasteiger partial charge in [-0.05, 0) is 12.1 Å². The Labute approximate surface area is 104 Å². The van der Waals surface area contributed by atoms with Crippen LogP contribution in [0.1, 0.15) is 8.42 Å². The number of rotatable bonds is 0. The summed E-state index contributed by atoms with van der Waals surface area (Å²) in [5.41, 5.74) is -1.87. The Bertz CT molecular complexity index is 321. The maximum absolute atomic E-state index is 12.6. The Morgan fingerprint density at radius 2 is 1.43 bits per heavy atom. The fourth-order valence-corrected chi connectivity index (χ4v) is 1.21. The molecule has 0 unspecified atom stereocenters. The molecule has 0 aliphatic carbocycles. The molecule has 0 bridgehead atoms. The van der Waals surface area contributed by atoms with Crippen LogP contribution in [0.15, 0.2) is 16.6 Å². The number of halogens is 6. The maximum Gasteiger partial charge on any atom is 2.00 e. The number of hydrogen-bond acceptors (Lipinski definition) is 0. The Morgan fingerprint density at radius 1 is 1.07 bits per heavy atom. The standard InChI is InChI=1S/C7H2BrF5.Mg.2H/c8-3-1-4(9)6(5(10)2-3)7(11,12)13;;;/h1-2H;;;/q;+2;2*-1. The van der Waals surface area contributed by atoms with Gasteiger partial charge in [0.25, 0.3) is 0 Å². The minimum Gasteiger partial charge on any atom is -1.00 e. The van der Waals surface area contributed by atoms with Crippen LogP contribution in [0.3, 0.4) is 0 Å². The molecule has 0 saturated heterocycles. The summed E-state index contributed by atoms with van der Waals surface area (Å²) in [5.74, 6) is -3.25. The first-order chi connectivity index (χ1) is 5.82. The molecular weight excluding hydrogens is 283 g/mol. The molecule has 0 nitrogen and oxygen atoms in total. The molecule has 0 saturated carbocycles. The minimum absolute atomic E-state index is 0. The number of benzene rings is 1. The molecule has 76 valence electrons. The second kappa shape index (κ2) is 4.76. The Hall–Kier alpha value is 0.116. The van der Waals surface area contributed by atoms with Crippen LogP contribution in [0.25, 0.3) is 0 Å². The monoisotopic (exact) mass is 286 g/mol. The molecule has 1 aromatic rings. The fourth-order valence-electron chi connectivity index (χ4n) is 0.813. The van der Waals surface area contributed by atoms with Crippen molar-refractivity contribution in [2.45, 2.75) is 6.18 Å². The van der Waals surface area contributed by atoms with E-state index in [1.54, 1.807) is 0 Å². The van der Waals surface area contributed by atoms with E-state index in [2.05, 4.69) is 15.9 Å². The van der Waals surface area contributed by atoms with Crippen molar-refractivity contribution in [1.29, 1.82) is 0 Å². The van der Waals surface area contributed by atoms with Crippen molar-refractivity contribution < 1.29 is 24.8 Å². The largest absolute Gasteiger partial charge is 2.00 e. The zero-order chi connectivity index (χ0) is 10.2. The third kappa shape index (κ3) is 3.06. The molecule has 14 heavy (non-hydrogen) atoms. The van der Waals surface area contributed by atoms with Crippen molar-refractivity contribution in [3.8, 4) is 0 Å². The molecular formula is C7H4BrF5Mg. The van der Waals surface area contributed by atoms with Gasteiger partial charge in [-0.1, -0.05) is 15.9 Å². The number of hydrogen-bond donors (Lipinski definition) is 0. The first-order valence-electron chi connectivity index (χ1n) is 3.04. The summed E-state index contributed by atoms with van der Waals surface area (Å²) in [5, 5.41) is 0. The Morgan fingerprint density at radius 3 is 1.71 bits per heavy atom. The number of alkyl halides is 3. The van der Waals surface area contributed by atoms with Gasteiger partial charge in [-0.15, -0.1) is 0 Å². The Balaban J connectivity index is -0.000000563. The van der Waals surface area contributed by atoms with Gasteiger partial charge >= 0.3 is 29.2 Å². The summed E-state index contributed by atoms with van der Waals surface area (Å²) >= 11 is 2.67. The van der Waals surface area contributed by atoms with E-state index < -0.39 is 23.4 Å². The van der Waals surface area contributed by atoms with Gasteiger partial charge in [0.1, 0.15) is 17.2 Å². The van der Waals surface area contributed by atoms with Crippen molar-refractivity contribution in [3.63, 3.8) is 0 Å². The summed E-state index contributed by atoms with van der Waals surface area (Å²) < 4.78 is 61.0. The third-order valence-corrected chi connectivity index (χ3v) is 1.75.